The van der Waals surface area contributed by atoms with Crippen LogP contribution in [0.2, 0.25) is 0 Å². The first-order chi connectivity index (χ1) is 9.08. The minimum atomic E-state index is -4.56. The maximum absolute atomic E-state index is 12.7. The van der Waals surface area contributed by atoms with E-state index >= 15 is 0 Å². The van der Waals surface area contributed by atoms with Crippen molar-refractivity contribution in [3.05, 3.63) is 28.2 Å². The highest BCUT2D eigenvalue weighted by atomic mass is 79.9. The molecule has 0 spiro atoms. The number of hydrogen-bond acceptors (Lipinski definition) is 3. The smallest absolute Gasteiger partial charge is 0.318 e. The monoisotopic (exact) mass is 374 g/mol. The summed E-state index contributed by atoms with van der Waals surface area (Å²) >= 11 is 2.79. The van der Waals surface area contributed by atoms with E-state index in [1.54, 1.807) is 7.05 Å². The first-order valence-corrected chi connectivity index (χ1v) is 7.95. The van der Waals surface area contributed by atoms with Crippen LogP contribution in [0.4, 0.5) is 18.9 Å². The lowest BCUT2D eigenvalue weighted by Crippen LogP contribution is -2.33. The van der Waals surface area contributed by atoms with Crippen LogP contribution in [0.3, 0.4) is 0 Å². The van der Waals surface area contributed by atoms with Gasteiger partial charge in [0.25, 0.3) is 0 Å². The molecule has 0 amide bonds. The Morgan fingerprint density at radius 3 is 2.45 bits per heavy atom. The van der Waals surface area contributed by atoms with Gasteiger partial charge in [-0.05, 0) is 32.2 Å². The Morgan fingerprint density at radius 2 is 1.95 bits per heavy atom. The van der Waals surface area contributed by atoms with Gasteiger partial charge < -0.3 is 5.32 Å². The third-order valence-electron chi connectivity index (χ3n) is 2.55. The lowest BCUT2D eigenvalue weighted by atomic mass is 10.2. The van der Waals surface area contributed by atoms with Gasteiger partial charge >= 0.3 is 6.18 Å². The minimum Gasteiger partial charge on any atom is -0.318 e. The molecule has 0 aliphatic rings. The summed E-state index contributed by atoms with van der Waals surface area (Å²) in [5.74, 6) is 0. The molecule has 1 aromatic rings. The van der Waals surface area contributed by atoms with Crippen LogP contribution in [0.15, 0.2) is 22.7 Å². The molecule has 9 heteroatoms. The summed E-state index contributed by atoms with van der Waals surface area (Å²) in [4.78, 5) is 0. The van der Waals surface area contributed by atoms with Crippen molar-refractivity contribution in [2.75, 3.05) is 18.3 Å². The molecule has 0 radical (unpaired) electrons. The molecular formula is C11H14BrF3N2O2S. The third-order valence-corrected chi connectivity index (χ3v) is 4.99. The van der Waals surface area contributed by atoms with Gasteiger partial charge in [-0.25, -0.2) is 8.42 Å². The number of benzene rings is 1. The van der Waals surface area contributed by atoms with Crippen LogP contribution in [-0.4, -0.2) is 27.3 Å². The molecule has 0 aliphatic heterocycles. The first-order valence-electron chi connectivity index (χ1n) is 5.61. The van der Waals surface area contributed by atoms with E-state index in [0.29, 0.717) is 0 Å². The second kappa shape index (κ2) is 6.31. The topological polar surface area (TPSA) is 58.2 Å². The fourth-order valence-electron chi connectivity index (χ4n) is 1.47. The van der Waals surface area contributed by atoms with Crippen molar-refractivity contribution in [3.8, 4) is 0 Å². The predicted molar refractivity (Wildman–Crippen MR) is 75.1 cm³/mol. The van der Waals surface area contributed by atoms with Gasteiger partial charge in [-0.15, -0.1) is 0 Å². The molecular weight excluding hydrogens is 361 g/mol. The number of anilines is 1. The molecule has 2 N–H and O–H groups in total. The lowest BCUT2D eigenvalue weighted by molar-refractivity contribution is -0.138. The number of halogens is 4. The largest absolute Gasteiger partial charge is 0.417 e. The minimum absolute atomic E-state index is 0.122. The summed E-state index contributed by atoms with van der Waals surface area (Å²) in [5.41, 5.74) is -1.05. The van der Waals surface area contributed by atoms with Gasteiger partial charge in [-0.1, -0.05) is 15.9 Å². The normalized spacial score (nSPS) is 14.1. The van der Waals surface area contributed by atoms with Crippen LogP contribution in [0.5, 0.6) is 0 Å². The Bertz CT molecular complexity index is 576. The SMILES string of the molecule is CNCC(C)S(=O)(=O)Nc1ccc(Br)c(C(F)(F)F)c1. The molecule has 1 aromatic carbocycles. The highest BCUT2D eigenvalue weighted by molar-refractivity contribution is 9.10. The van der Waals surface area contributed by atoms with Gasteiger partial charge in [0.1, 0.15) is 0 Å². The van der Waals surface area contributed by atoms with Gasteiger partial charge in [0, 0.05) is 16.7 Å². The van der Waals surface area contributed by atoms with E-state index in [0.717, 1.165) is 12.1 Å². The van der Waals surface area contributed by atoms with Crippen LogP contribution in [0.1, 0.15) is 12.5 Å². The number of alkyl halides is 3. The zero-order valence-electron chi connectivity index (χ0n) is 10.8. The van der Waals surface area contributed by atoms with Crippen molar-refractivity contribution in [2.45, 2.75) is 18.3 Å². The first kappa shape index (κ1) is 17.3. The Hall–Kier alpha value is -0.800. The van der Waals surface area contributed by atoms with E-state index in [9.17, 15) is 21.6 Å². The third kappa shape index (κ3) is 4.35. The molecule has 1 rings (SSSR count). The number of nitrogens with one attached hydrogen (secondary N) is 2. The average molecular weight is 375 g/mol. The number of sulfonamides is 1. The standard InChI is InChI=1S/C11H14BrF3N2O2S/c1-7(6-16-2)20(18,19)17-8-3-4-10(12)9(5-8)11(13,14)15/h3-5,7,16-17H,6H2,1-2H3. The van der Waals surface area contributed by atoms with E-state index < -0.39 is 27.0 Å². The number of rotatable bonds is 5. The second-order valence-corrected chi connectivity index (χ2v) is 7.16. The van der Waals surface area contributed by atoms with E-state index in [2.05, 4.69) is 26.0 Å². The molecule has 1 unspecified atom stereocenters. The summed E-state index contributed by atoms with van der Waals surface area (Å²) in [6, 6.07) is 3.18. The molecule has 0 aliphatic carbocycles. The molecule has 1 atom stereocenters. The summed E-state index contributed by atoms with van der Waals surface area (Å²) in [5, 5.41) is 1.92. The second-order valence-electron chi connectivity index (χ2n) is 4.21. The molecule has 0 bridgehead atoms. The highest BCUT2D eigenvalue weighted by Crippen LogP contribution is 2.36. The Labute approximate surface area is 123 Å². The van der Waals surface area contributed by atoms with Gasteiger partial charge in [-0.2, -0.15) is 13.2 Å². The quantitative estimate of drug-likeness (QED) is 0.832. The summed E-state index contributed by atoms with van der Waals surface area (Å²) < 4.78 is 64.0. The zero-order chi connectivity index (χ0) is 15.6. The Kier molecular flexibility index (Phi) is 5.45. The Morgan fingerprint density at radius 1 is 1.35 bits per heavy atom. The van der Waals surface area contributed by atoms with Crippen LogP contribution in [0.25, 0.3) is 0 Å². The fourth-order valence-corrected chi connectivity index (χ4v) is 2.98. The summed E-state index contributed by atoms with van der Waals surface area (Å²) in [7, 11) is -2.16. The van der Waals surface area contributed by atoms with Crippen LogP contribution in [0, 0.1) is 0 Å². The van der Waals surface area contributed by atoms with Crippen molar-refractivity contribution >= 4 is 31.6 Å². The van der Waals surface area contributed by atoms with E-state index in [4.69, 9.17) is 0 Å². The van der Waals surface area contributed by atoms with E-state index in [1.807, 2.05) is 0 Å². The van der Waals surface area contributed by atoms with E-state index in [-0.39, 0.29) is 16.7 Å². The Balaban J connectivity index is 3.06. The molecule has 0 aromatic heterocycles. The molecule has 0 saturated carbocycles. The molecule has 0 heterocycles. The van der Waals surface area contributed by atoms with Crippen molar-refractivity contribution in [2.24, 2.45) is 0 Å². The van der Waals surface area contributed by atoms with Crippen molar-refractivity contribution in [1.82, 2.24) is 5.32 Å². The van der Waals surface area contributed by atoms with Crippen molar-refractivity contribution in [1.29, 1.82) is 0 Å². The van der Waals surface area contributed by atoms with Gasteiger partial charge in [-0.3, -0.25) is 4.72 Å². The molecule has 4 nitrogen and oxygen atoms in total. The lowest BCUT2D eigenvalue weighted by Gasteiger charge is -2.16. The molecule has 0 saturated heterocycles. The molecule has 20 heavy (non-hydrogen) atoms. The highest BCUT2D eigenvalue weighted by Gasteiger charge is 2.33. The molecule has 0 fully saturated rings. The fraction of sp³-hybridized carbons (Fsp3) is 0.455. The van der Waals surface area contributed by atoms with Crippen molar-refractivity contribution in [3.63, 3.8) is 0 Å². The van der Waals surface area contributed by atoms with Gasteiger partial charge in [0.15, 0.2) is 0 Å². The average Bonchev–Trinajstić information content (AvgIpc) is 2.30. The summed E-state index contributed by atoms with van der Waals surface area (Å²) in [6.45, 7) is 1.65. The number of hydrogen-bond donors (Lipinski definition) is 2. The maximum atomic E-state index is 12.7. The van der Waals surface area contributed by atoms with Gasteiger partial charge in [0.2, 0.25) is 10.0 Å². The van der Waals surface area contributed by atoms with Crippen LogP contribution in [-0.2, 0) is 16.2 Å². The molecule has 114 valence electrons. The van der Waals surface area contributed by atoms with E-state index in [1.165, 1.54) is 13.0 Å². The zero-order valence-corrected chi connectivity index (χ0v) is 13.2. The maximum Gasteiger partial charge on any atom is 0.417 e. The van der Waals surface area contributed by atoms with Crippen LogP contribution < -0.4 is 10.0 Å². The van der Waals surface area contributed by atoms with Gasteiger partial charge in [0.05, 0.1) is 10.8 Å². The van der Waals surface area contributed by atoms with Crippen LogP contribution >= 0.6 is 15.9 Å². The summed E-state index contributed by atoms with van der Waals surface area (Å²) in [6.07, 6.45) is -4.56. The predicted octanol–water partition coefficient (Wildman–Crippen LogP) is 2.82. The van der Waals surface area contributed by atoms with Crippen molar-refractivity contribution < 1.29 is 21.6 Å².